The summed E-state index contributed by atoms with van der Waals surface area (Å²) in [5, 5.41) is 0. The summed E-state index contributed by atoms with van der Waals surface area (Å²) in [6.45, 7) is 4.76. The van der Waals surface area contributed by atoms with Gasteiger partial charge in [0.15, 0.2) is 0 Å². The van der Waals surface area contributed by atoms with E-state index in [1.54, 1.807) is 0 Å². The van der Waals surface area contributed by atoms with E-state index in [9.17, 15) is 0 Å². The van der Waals surface area contributed by atoms with E-state index >= 15 is 0 Å². The number of hydrogen-bond acceptors (Lipinski definition) is 1. The van der Waals surface area contributed by atoms with Crippen molar-refractivity contribution in [3.8, 4) is 5.69 Å². The first-order valence-corrected chi connectivity index (χ1v) is 11.4. The zero-order valence-electron chi connectivity index (χ0n) is 18.4. The van der Waals surface area contributed by atoms with Gasteiger partial charge in [-0.05, 0) is 73.2 Å². The number of nitrogens with zero attached hydrogens (tertiary/aromatic N) is 2. The SMILES string of the molecule is Cc1ccc2c(c1)B1c3cc(C)ccc3Cc3cc(-n4cnc5ccccc54)cc(c31)C2. The highest BCUT2D eigenvalue weighted by molar-refractivity contribution is 6.97. The molecule has 1 aromatic heterocycles. The van der Waals surface area contributed by atoms with Crippen molar-refractivity contribution >= 4 is 34.1 Å². The summed E-state index contributed by atoms with van der Waals surface area (Å²) >= 11 is 0. The van der Waals surface area contributed by atoms with E-state index in [1.807, 2.05) is 6.33 Å². The molecular weight excluding hydrogens is 387 g/mol. The fourth-order valence-electron chi connectivity index (χ4n) is 5.90. The Balaban J connectivity index is 1.51. The van der Waals surface area contributed by atoms with Gasteiger partial charge in [-0.2, -0.15) is 0 Å². The molecule has 32 heavy (non-hydrogen) atoms. The minimum absolute atomic E-state index is 0.334. The lowest BCUT2D eigenvalue weighted by Gasteiger charge is -2.35. The predicted octanol–water partition coefficient (Wildman–Crippen LogP) is 3.97. The van der Waals surface area contributed by atoms with Crippen LogP contribution in [0.1, 0.15) is 33.4 Å². The van der Waals surface area contributed by atoms with E-state index in [0.717, 1.165) is 23.9 Å². The summed E-state index contributed by atoms with van der Waals surface area (Å²) < 4.78 is 2.25. The second-order valence-electron chi connectivity index (χ2n) is 9.47. The van der Waals surface area contributed by atoms with Gasteiger partial charge in [0.1, 0.15) is 6.33 Å². The normalized spacial score (nSPS) is 13.6. The van der Waals surface area contributed by atoms with Crippen LogP contribution in [0.15, 0.2) is 79.1 Å². The Morgan fingerprint density at radius 3 is 2.00 bits per heavy atom. The monoisotopic (exact) mass is 410 g/mol. The van der Waals surface area contributed by atoms with Crippen LogP contribution in [-0.2, 0) is 12.8 Å². The van der Waals surface area contributed by atoms with Gasteiger partial charge in [-0.3, -0.25) is 4.57 Å². The molecule has 3 heterocycles. The maximum atomic E-state index is 4.65. The lowest BCUT2D eigenvalue weighted by molar-refractivity contribution is 1.06. The Labute approximate surface area is 188 Å². The van der Waals surface area contributed by atoms with Gasteiger partial charge in [0.05, 0.1) is 11.0 Å². The van der Waals surface area contributed by atoms with Crippen LogP contribution < -0.4 is 16.4 Å². The van der Waals surface area contributed by atoms with Crippen LogP contribution >= 0.6 is 0 Å². The molecular formula is C29H23BN2. The first kappa shape index (κ1) is 18.0. The van der Waals surface area contributed by atoms with E-state index < -0.39 is 0 Å². The molecule has 3 heteroatoms. The van der Waals surface area contributed by atoms with E-state index in [4.69, 9.17) is 0 Å². The number of aromatic nitrogens is 2. The lowest BCUT2D eigenvalue weighted by atomic mass is 9.30. The number of fused-ring (bicyclic) bond motifs is 5. The minimum atomic E-state index is 0.334. The van der Waals surface area contributed by atoms with Crippen LogP contribution in [0.25, 0.3) is 16.7 Å². The molecule has 0 saturated heterocycles. The molecule has 2 nitrogen and oxygen atoms in total. The molecule has 5 aromatic rings. The molecule has 0 N–H and O–H groups in total. The Bertz CT molecular complexity index is 1480. The third-order valence-electron chi connectivity index (χ3n) is 7.34. The largest absolute Gasteiger partial charge is 0.299 e. The first-order valence-electron chi connectivity index (χ1n) is 11.4. The third kappa shape index (κ3) is 2.51. The Kier molecular flexibility index (Phi) is 3.64. The molecule has 152 valence electrons. The van der Waals surface area contributed by atoms with Crippen LogP contribution in [0.3, 0.4) is 0 Å². The lowest BCUT2D eigenvalue weighted by Crippen LogP contribution is -2.61. The molecule has 0 spiro atoms. The van der Waals surface area contributed by atoms with E-state index in [0.29, 0.717) is 6.71 Å². The summed E-state index contributed by atoms with van der Waals surface area (Å²) in [4.78, 5) is 4.65. The molecule has 0 radical (unpaired) electrons. The molecule has 0 saturated carbocycles. The molecule has 0 atom stereocenters. The average molecular weight is 410 g/mol. The molecule has 2 aliphatic rings. The van der Waals surface area contributed by atoms with Crippen molar-refractivity contribution in [3.05, 3.63) is 113 Å². The van der Waals surface area contributed by atoms with Gasteiger partial charge in [0.2, 0.25) is 6.71 Å². The molecule has 0 amide bonds. The Hall–Kier alpha value is -3.59. The van der Waals surface area contributed by atoms with Gasteiger partial charge in [0.25, 0.3) is 0 Å². The number of benzene rings is 4. The fraction of sp³-hybridized carbons (Fsp3) is 0.138. The number of rotatable bonds is 1. The maximum absolute atomic E-state index is 4.65. The van der Waals surface area contributed by atoms with Crippen molar-refractivity contribution < 1.29 is 0 Å². The number of aryl methyl sites for hydroxylation is 2. The zero-order valence-corrected chi connectivity index (χ0v) is 18.4. The van der Waals surface area contributed by atoms with E-state index in [2.05, 4.69) is 96.2 Å². The van der Waals surface area contributed by atoms with E-state index in [1.165, 1.54) is 55.5 Å². The quantitative estimate of drug-likeness (QED) is 0.375. The minimum Gasteiger partial charge on any atom is -0.299 e. The highest BCUT2D eigenvalue weighted by Crippen LogP contribution is 2.27. The van der Waals surface area contributed by atoms with Crippen LogP contribution in [0.5, 0.6) is 0 Å². The molecule has 0 bridgehead atoms. The van der Waals surface area contributed by atoms with Crippen molar-refractivity contribution in [1.82, 2.24) is 9.55 Å². The summed E-state index contributed by atoms with van der Waals surface area (Å²) in [6.07, 6.45) is 3.96. The first-order chi connectivity index (χ1) is 15.7. The second kappa shape index (κ2) is 6.46. The summed E-state index contributed by atoms with van der Waals surface area (Å²) in [7, 11) is 0. The highest BCUT2D eigenvalue weighted by atomic mass is 15.0. The van der Waals surface area contributed by atoms with Crippen molar-refractivity contribution in [2.24, 2.45) is 0 Å². The van der Waals surface area contributed by atoms with Crippen LogP contribution in [0.2, 0.25) is 0 Å². The fourth-order valence-corrected chi connectivity index (χ4v) is 5.90. The van der Waals surface area contributed by atoms with Gasteiger partial charge in [0, 0.05) is 5.69 Å². The molecule has 7 rings (SSSR count). The van der Waals surface area contributed by atoms with Crippen molar-refractivity contribution in [2.75, 3.05) is 0 Å². The van der Waals surface area contributed by atoms with Crippen molar-refractivity contribution in [1.29, 1.82) is 0 Å². The molecule has 0 unspecified atom stereocenters. The summed E-state index contributed by atoms with van der Waals surface area (Å²) in [5.41, 5.74) is 16.5. The summed E-state index contributed by atoms with van der Waals surface area (Å²) in [5.74, 6) is 0. The van der Waals surface area contributed by atoms with Crippen molar-refractivity contribution in [3.63, 3.8) is 0 Å². The van der Waals surface area contributed by atoms with Gasteiger partial charge >= 0.3 is 0 Å². The number of para-hydroxylation sites is 2. The van der Waals surface area contributed by atoms with Crippen molar-refractivity contribution in [2.45, 2.75) is 26.7 Å². The van der Waals surface area contributed by atoms with Gasteiger partial charge in [-0.15, -0.1) is 0 Å². The number of hydrogen-bond donors (Lipinski definition) is 0. The Morgan fingerprint density at radius 2 is 1.34 bits per heavy atom. The maximum Gasteiger partial charge on any atom is 0.242 e. The second-order valence-corrected chi connectivity index (χ2v) is 9.47. The average Bonchev–Trinajstić information content (AvgIpc) is 3.23. The number of imidazole rings is 1. The predicted molar refractivity (Wildman–Crippen MR) is 134 cm³/mol. The Morgan fingerprint density at radius 1 is 0.719 bits per heavy atom. The van der Waals surface area contributed by atoms with E-state index in [-0.39, 0.29) is 0 Å². The third-order valence-corrected chi connectivity index (χ3v) is 7.34. The summed E-state index contributed by atoms with van der Waals surface area (Å²) in [6, 6.07) is 27.3. The standard InChI is InChI=1S/C29H23BN2/c1-18-7-9-20-13-22-15-24(32-17-31-27-5-3-4-6-28(27)32)16-23-14-21-10-8-19(2)12-26(21)30(29(22)23)25(20)11-18/h3-12,15-17H,13-14H2,1-2H3. The van der Waals surface area contributed by atoms with Gasteiger partial charge < -0.3 is 0 Å². The molecule has 4 aromatic carbocycles. The van der Waals surface area contributed by atoms with Crippen LogP contribution in [-0.4, -0.2) is 16.3 Å². The topological polar surface area (TPSA) is 17.8 Å². The highest BCUT2D eigenvalue weighted by Gasteiger charge is 2.37. The molecule has 0 aliphatic carbocycles. The van der Waals surface area contributed by atoms with Gasteiger partial charge in [-0.25, -0.2) is 4.98 Å². The molecule has 0 fully saturated rings. The van der Waals surface area contributed by atoms with Crippen LogP contribution in [0.4, 0.5) is 0 Å². The smallest absolute Gasteiger partial charge is 0.242 e. The molecule has 2 aliphatic heterocycles. The zero-order chi connectivity index (χ0) is 21.4. The van der Waals surface area contributed by atoms with Gasteiger partial charge in [-0.1, -0.05) is 76.0 Å². The van der Waals surface area contributed by atoms with Crippen LogP contribution in [0, 0.1) is 13.8 Å².